The van der Waals surface area contributed by atoms with Crippen LogP contribution in [0, 0.1) is 0 Å². The van der Waals surface area contributed by atoms with Gasteiger partial charge in [0.2, 0.25) is 5.91 Å². The molecule has 5 rings (SSSR count). The third kappa shape index (κ3) is 6.19. The maximum Gasteiger partial charge on any atom is 0.573 e. The molecule has 3 aromatic rings. The molecule has 0 bridgehead atoms. The minimum atomic E-state index is -4.83. The third-order valence-corrected chi connectivity index (χ3v) is 7.36. The molecule has 39 heavy (non-hydrogen) atoms. The third-order valence-electron chi connectivity index (χ3n) is 7.36. The lowest BCUT2D eigenvalue weighted by Gasteiger charge is -2.31. The lowest BCUT2D eigenvalue weighted by Crippen LogP contribution is -2.37. The number of para-hydroxylation sites is 1. The highest BCUT2D eigenvalue weighted by atomic mass is 19.4. The van der Waals surface area contributed by atoms with E-state index >= 15 is 0 Å². The number of nitrogens with zero attached hydrogens (tertiary/aromatic N) is 3. The second-order valence-electron chi connectivity index (χ2n) is 10.0. The van der Waals surface area contributed by atoms with Crippen molar-refractivity contribution in [1.82, 2.24) is 10.1 Å². The van der Waals surface area contributed by atoms with Crippen molar-refractivity contribution in [2.45, 2.75) is 76.4 Å². The van der Waals surface area contributed by atoms with Crippen LogP contribution in [0.3, 0.4) is 0 Å². The van der Waals surface area contributed by atoms with E-state index in [2.05, 4.69) is 26.7 Å². The molecule has 1 amide bonds. The van der Waals surface area contributed by atoms with Crippen LogP contribution in [0.25, 0.3) is 11.3 Å². The highest BCUT2D eigenvalue weighted by Crippen LogP contribution is 2.45. The van der Waals surface area contributed by atoms with E-state index in [0.29, 0.717) is 35.2 Å². The number of hydrogen-bond acceptors (Lipinski definition) is 7. The monoisotopic (exact) mass is 544 g/mol. The number of rotatable bonds is 11. The molecule has 2 aliphatic rings. The summed E-state index contributed by atoms with van der Waals surface area (Å²) in [5, 5.41) is 4.13. The van der Waals surface area contributed by atoms with E-state index < -0.39 is 12.3 Å². The minimum Gasteiger partial charge on any atom is -0.405 e. The van der Waals surface area contributed by atoms with Crippen LogP contribution in [0.1, 0.15) is 73.0 Å². The fourth-order valence-electron chi connectivity index (χ4n) is 5.31. The van der Waals surface area contributed by atoms with Gasteiger partial charge in [0.05, 0.1) is 12.2 Å². The van der Waals surface area contributed by atoms with Gasteiger partial charge in [-0.3, -0.25) is 4.79 Å². The van der Waals surface area contributed by atoms with Crippen LogP contribution in [0.2, 0.25) is 0 Å². The van der Waals surface area contributed by atoms with Gasteiger partial charge in [0.25, 0.3) is 0 Å². The van der Waals surface area contributed by atoms with Gasteiger partial charge in [0, 0.05) is 41.9 Å². The van der Waals surface area contributed by atoms with Gasteiger partial charge in [-0.2, -0.15) is 0 Å². The average molecular weight is 545 g/mol. The van der Waals surface area contributed by atoms with Crippen LogP contribution in [0.15, 0.2) is 47.1 Å². The number of carbonyl (C=O) groups excluding carboxylic acids is 1. The van der Waals surface area contributed by atoms with E-state index in [1.165, 1.54) is 24.4 Å². The van der Waals surface area contributed by atoms with E-state index in [4.69, 9.17) is 15.0 Å². The van der Waals surface area contributed by atoms with Crippen LogP contribution < -0.4 is 15.4 Å². The first-order valence-corrected chi connectivity index (χ1v) is 13.2. The predicted molar refractivity (Wildman–Crippen MR) is 137 cm³/mol. The molecule has 3 heterocycles. The first kappa shape index (κ1) is 27.0. The first-order valence-electron chi connectivity index (χ1n) is 13.2. The molecule has 2 aromatic heterocycles. The van der Waals surface area contributed by atoms with Crippen LogP contribution in [-0.2, 0) is 11.3 Å². The number of nitrogens with two attached hydrogens (primary N) is 1. The Balaban J connectivity index is 1.28. The summed E-state index contributed by atoms with van der Waals surface area (Å²) in [6, 6.07) is 9.97. The molecule has 1 saturated heterocycles. The Labute approximate surface area is 224 Å². The molecule has 11 heteroatoms. The molecule has 208 valence electrons. The summed E-state index contributed by atoms with van der Waals surface area (Å²) in [5.74, 6) is 0.820. The van der Waals surface area contributed by atoms with Crippen LogP contribution in [-0.4, -0.2) is 41.1 Å². The summed E-state index contributed by atoms with van der Waals surface area (Å²) in [4.78, 5) is 18.2. The van der Waals surface area contributed by atoms with E-state index in [0.717, 1.165) is 44.3 Å². The number of ether oxygens (including phenoxy) is 2. The highest BCUT2D eigenvalue weighted by molar-refractivity contribution is 5.92. The van der Waals surface area contributed by atoms with Gasteiger partial charge in [0.15, 0.2) is 0 Å². The zero-order chi connectivity index (χ0) is 27.6. The van der Waals surface area contributed by atoms with E-state index in [1.807, 2.05) is 6.07 Å². The van der Waals surface area contributed by atoms with Gasteiger partial charge >= 0.3 is 6.36 Å². The fraction of sp³-hybridized carbons (Fsp3) is 0.464. The normalized spacial score (nSPS) is 19.4. The number of pyridine rings is 1. The Morgan fingerprint density at radius 2 is 1.90 bits per heavy atom. The van der Waals surface area contributed by atoms with Gasteiger partial charge in [0.1, 0.15) is 23.0 Å². The summed E-state index contributed by atoms with van der Waals surface area (Å²) in [7, 11) is 0. The molecule has 2 N–H and O–H groups in total. The number of anilines is 1. The van der Waals surface area contributed by atoms with Crippen molar-refractivity contribution in [3.05, 3.63) is 59.5 Å². The number of aromatic nitrogens is 2. The van der Waals surface area contributed by atoms with Gasteiger partial charge in [-0.1, -0.05) is 24.2 Å². The topological polar surface area (TPSA) is 104 Å². The number of halogens is 3. The van der Waals surface area contributed by atoms with Crippen molar-refractivity contribution in [3.63, 3.8) is 0 Å². The molecule has 1 aliphatic heterocycles. The second-order valence-corrected chi connectivity index (χ2v) is 10.0. The van der Waals surface area contributed by atoms with Crippen molar-refractivity contribution in [2.75, 3.05) is 11.5 Å². The zero-order valence-corrected chi connectivity index (χ0v) is 21.6. The first-order chi connectivity index (χ1) is 18.7. The SMILES string of the molecule is CCC1CC[C@@H](CCOCc2c(-c3ccccc3OC(F)(F)F)noc2C2CC2)N1c1ccc(C(N)=O)cn1. The predicted octanol–water partition coefficient (Wildman–Crippen LogP) is 5.97. The molecule has 8 nitrogen and oxygen atoms in total. The minimum absolute atomic E-state index is 0.167. The molecular formula is C28H31F3N4O4. The average Bonchev–Trinajstić information content (AvgIpc) is 3.53. The standard InChI is InChI=1S/C28H31F3N4O4/c1-2-19-10-11-20(35(19)24-12-9-18(15-33-24)27(32)36)13-14-37-16-22-25(34-39-26(22)17-7-8-17)21-5-3-4-6-23(21)38-28(29,30)31/h3-6,9,12,15,17,19-20H,2,7-8,10-11,13-14,16H2,1H3,(H2,32,36)/t19?,20-/m0/s1. The van der Waals surface area contributed by atoms with Gasteiger partial charge in [-0.05, 0) is 62.8 Å². The number of benzene rings is 1. The Morgan fingerprint density at radius 1 is 1.13 bits per heavy atom. The lowest BCUT2D eigenvalue weighted by molar-refractivity contribution is -0.274. The number of primary amides is 1. The maximum atomic E-state index is 13.0. The second kappa shape index (κ2) is 11.3. The summed E-state index contributed by atoms with van der Waals surface area (Å²) < 4.78 is 55.0. The quantitative estimate of drug-likeness (QED) is 0.297. The molecule has 1 unspecified atom stereocenters. The van der Waals surface area contributed by atoms with Crippen LogP contribution in [0.4, 0.5) is 19.0 Å². The number of hydrogen-bond donors (Lipinski definition) is 1. The molecule has 2 fully saturated rings. The van der Waals surface area contributed by atoms with Crippen molar-refractivity contribution < 1.29 is 32.0 Å². The molecule has 2 atom stereocenters. The van der Waals surface area contributed by atoms with E-state index in [9.17, 15) is 18.0 Å². The van der Waals surface area contributed by atoms with Gasteiger partial charge < -0.3 is 24.6 Å². The van der Waals surface area contributed by atoms with Crippen molar-refractivity contribution >= 4 is 11.7 Å². The summed E-state index contributed by atoms with van der Waals surface area (Å²) >= 11 is 0. The Hall–Kier alpha value is -3.60. The largest absolute Gasteiger partial charge is 0.573 e. The molecule has 0 radical (unpaired) electrons. The summed E-state index contributed by atoms with van der Waals surface area (Å²) in [6.07, 6.45) is 2.28. The Bertz CT molecular complexity index is 1290. The Morgan fingerprint density at radius 3 is 2.56 bits per heavy atom. The van der Waals surface area contributed by atoms with E-state index in [-0.39, 0.29) is 29.9 Å². The fourth-order valence-corrected chi connectivity index (χ4v) is 5.31. The van der Waals surface area contributed by atoms with Crippen LogP contribution >= 0.6 is 0 Å². The molecular weight excluding hydrogens is 513 g/mol. The summed E-state index contributed by atoms with van der Waals surface area (Å²) in [6.45, 7) is 2.74. The lowest BCUT2D eigenvalue weighted by atomic mass is 10.0. The van der Waals surface area contributed by atoms with Crippen molar-refractivity contribution in [2.24, 2.45) is 5.73 Å². The maximum absolute atomic E-state index is 13.0. The number of alkyl halides is 3. The number of amides is 1. The Kier molecular flexibility index (Phi) is 7.79. The number of carbonyl (C=O) groups is 1. The van der Waals surface area contributed by atoms with Crippen LogP contribution in [0.5, 0.6) is 5.75 Å². The van der Waals surface area contributed by atoms with Gasteiger partial charge in [-0.25, -0.2) is 4.98 Å². The van der Waals surface area contributed by atoms with E-state index in [1.54, 1.807) is 12.1 Å². The molecule has 1 aromatic carbocycles. The highest BCUT2D eigenvalue weighted by Gasteiger charge is 2.36. The zero-order valence-electron chi connectivity index (χ0n) is 21.6. The van der Waals surface area contributed by atoms with Crippen molar-refractivity contribution in [1.29, 1.82) is 0 Å². The molecule has 0 spiro atoms. The smallest absolute Gasteiger partial charge is 0.405 e. The molecule has 1 aliphatic carbocycles. The summed E-state index contributed by atoms with van der Waals surface area (Å²) in [5.41, 5.74) is 6.90. The molecule has 1 saturated carbocycles. The van der Waals surface area contributed by atoms with Gasteiger partial charge in [-0.15, -0.1) is 13.2 Å². The van der Waals surface area contributed by atoms with Crippen molar-refractivity contribution in [3.8, 4) is 17.0 Å².